The van der Waals surface area contributed by atoms with E-state index >= 15 is 0 Å². The first kappa shape index (κ1) is 9.27. The fourth-order valence-corrected chi connectivity index (χ4v) is 2.26. The molecule has 1 saturated carbocycles. The summed E-state index contributed by atoms with van der Waals surface area (Å²) in [6.45, 7) is 6.88. The van der Waals surface area contributed by atoms with Gasteiger partial charge >= 0.3 is 0 Å². The van der Waals surface area contributed by atoms with Gasteiger partial charge in [0.15, 0.2) is 5.69 Å². The number of rotatable bonds is 1. The predicted molar refractivity (Wildman–Crippen MR) is 58.5 cm³/mol. The van der Waals surface area contributed by atoms with Gasteiger partial charge in [-0.2, -0.15) is 0 Å². The Morgan fingerprint density at radius 2 is 1.64 bits per heavy atom. The monoisotopic (exact) mass is 185 g/mol. The molecule has 1 aliphatic carbocycles. The number of nitrogens with zero attached hydrogens (tertiary/aromatic N) is 1. The smallest absolute Gasteiger partial charge is 0.187 e. The average molecular weight is 185 g/mol. The van der Waals surface area contributed by atoms with E-state index in [0.29, 0.717) is 0 Å². The summed E-state index contributed by atoms with van der Waals surface area (Å²) in [5.74, 6) is 0.753. The summed E-state index contributed by atoms with van der Waals surface area (Å²) in [5, 5.41) is 0. The topological polar surface area (TPSA) is 4.36 Å². The van der Waals surface area contributed by atoms with E-state index in [1.165, 1.54) is 37.7 Å². The van der Waals surface area contributed by atoms with E-state index in [9.17, 15) is 0 Å². The number of hydrogen-bond donors (Lipinski definition) is 0. The molecule has 0 spiro atoms. The van der Waals surface area contributed by atoms with Gasteiger partial charge in [-0.05, 0) is 24.3 Å². The first-order valence-corrected chi connectivity index (χ1v) is 5.37. The van der Waals surface area contributed by atoms with Gasteiger partial charge in [0, 0.05) is 0 Å². The highest BCUT2D eigenvalue weighted by molar-refractivity contribution is 5.45. The van der Waals surface area contributed by atoms with Crippen LogP contribution >= 0.6 is 0 Å². The fourth-order valence-electron chi connectivity index (χ4n) is 2.26. The molecule has 1 aromatic carbocycles. The Morgan fingerprint density at radius 3 is 2.21 bits per heavy atom. The van der Waals surface area contributed by atoms with Gasteiger partial charge in [-0.3, -0.25) is 0 Å². The molecule has 1 aliphatic rings. The molecule has 1 aromatic rings. The third kappa shape index (κ3) is 1.96. The fraction of sp³-hybridized carbons (Fsp3) is 0.462. The number of benzene rings is 1. The maximum atomic E-state index is 6.88. The van der Waals surface area contributed by atoms with Crippen LogP contribution in [0.3, 0.4) is 0 Å². The molecule has 72 valence electrons. The minimum atomic E-state index is 0.753. The van der Waals surface area contributed by atoms with E-state index in [-0.39, 0.29) is 0 Å². The summed E-state index contributed by atoms with van der Waals surface area (Å²) in [6, 6.07) is 8.14. The maximum absolute atomic E-state index is 6.88. The van der Waals surface area contributed by atoms with Gasteiger partial charge in [0.25, 0.3) is 0 Å². The zero-order chi connectivity index (χ0) is 9.80. The number of hydrogen-bond acceptors (Lipinski definition) is 0. The molecule has 0 amide bonds. The molecule has 2 rings (SSSR count). The minimum absolute atomic E-state index is 0.753. The van der Waals surface area contributed by atoms with Crippen LogP contribution in [0.25, 0.3) is 4.85 Å². The second-order valence-electron chi connectivity index (χ2n) is 4.04. The molecule has 0 aliphatic heterocycles. The average Bonchev–Trinajstić information content (AvgIpc) is 2.30. The van der Waals surface area contributed by atoms with Gasteiger partial charge in [0.1, 0.15) is 0 Å². The van der Waals surface area contributed by atoms with Crippen LogP contribution in [0, 0.1) is 6.57 Å². The standard InChI is InChI=1S/C13H15N/c1-14-13-9-7-12(8-10-13)11-5-3-2-4-6-11/h7-11H,2-6H2. The van der Waals surface area contributed by atoms with Crippen molar-refractivity contribution < 1.29 is 0 Å². The Morgan fingerprint density at radius 1 is 1.00 bits per heavy atom. The SMILES string of the molecule is [C-]#[N+]c1ccc(C2CCCCC2)cc1. The third-order valence-electron chi connectivity index (χ3n) is 3.10. The summed E-state index contributed by atoms with van der Waals surface area (Å²) in [4.78, 5) is 3.41. The van der Waals surface area contributed by atoms with Crippen molar-refractivity contribution >= 4 is 5.69 Å². The molecule has 0 aromatic heterocycles. The van der Waals surface area contributed by atoms with E-state index in [0.717, 1.165) is 11.6 Å². The van der Waals surface area contributed by atoms with Gasteiger partial charge in [-0.1, -0.05) is 43.5 Å². The van der Waals surface area contributed by atoms with Crippen molar-refractivity contribution in [3.8, 4) is 0 Å². The highest BCUT2D eigenvalue weighted by atomic mass is 14.6. The van der Waals surface area contributed by atoms with Crippen LogP contribution in [0.1, 0.15) is 43.6 Å². The lowest BCUT2D eigenvalue weighted by molar-refractivity contribution is 0.443. The van der Waals surface area contributed by atoms with Crippen molar-refractivity contribution in [2.75, 3.05) is 0 Å². The van der Waals surface area contributed by atoms with Crippen molar-refractivity contribution in [2.45, 2.75) is 38.0 Å². The lowest BCUT2D eigenvalue weighted by atomic mass is 9.84. The van der Waals surface area contributed by atoms with Crippen LogP contribution in [-0.2, 0) is 0 Å². The van der Waals surface area contributed by atoms with Crippen LogP contribution in [0.4, 0.5) is 5.69 Å². The Hall–Kier alpha value is -1.29. The highest BCUT2D eigenvalue weighted by Crippen LogP contribution is 2.33. The van der Waals surface area contributed by atoms with E-state index in [2.05, 4.69) is 17.0 Å². The Bertz CT molecular complexity index is 325. The van der Waals surface area contributed by atoms with Crippen LogP contribution in [0.5, 0.6) is 0 Å². The van der Waals surface area contributed by atoms with Gasteiger partial charge in [-0.15, -0.1) is 0 Å². The van der Waals surface area contributed by atoms with E-state index in [1.807, 2.05) is 12.1 Å². The quantitative estimate of drug-likeness (QED) is 0.575. The molecule has 0 radical (unpaired) electrons. The Kier molecular flexibility index (Phi) is 2.84. The molecule has 1 fully saturated rings. The molecule has 0 atom stereocenters. The summed E-state index contributed by atoms with van der Waals surface area (Å²) in [5.41, 5.74) is 2.18. The molecule has 0 unspecified atom stereocenters. The Labute approximate surface area is 85.6 Å². The lowest BCUT2D eigenvalue weighted by Gasteiger charge is -2.21. The second-order valence-corrected chi connectivity index (χ2v) is 4.04. The largest absolute Gasteiger partial charge is 0.238 e. The second kappa shape index (κ2) is 4.28. The van der Waals surface area contributed by atoms with Gasteiger partial charge < -0.3 is 0 Å². The van der Waals surface area contributed by atoms with Crippen molar-refractivity contribution in [3.05, 3.63) is 41.2 Å². The van der Waals surface area contributed by atoms with E-state index < -0.39 is 0 Å². The van der Waals surface area contributed by atoms with Crippen LogP contribution in [0.15, 0.2) is 24.3 Å². The molecule has 0 bridgehead atoms. The maximum Gasteiger partial charge on any atom is 0.187 e. The van der Waals surface area contributed by atoms with Crippen molar-refractivity contribution in [1.29, 1.82) is 0 Å². The lowest BCUT2D eigenvalue weighted by Crippen LogP contribution is -2.03. The van der Waals surface area contributed by atoms with Gasteiger partial charge in [0.2, 0.25) is 0 Å². The molecule has 0 saturated heterocycles. The summed E-state index contributed by atoms with van der Waals surface area (Å²) in [7, 11) is 0. The van der Waals surface area contributed by atoms with Gasteiger partial charge in [0.05, 0.1) is 6.57 Å². The molecule has 1 heteroatoms. The minimum Gasteiger partial charge on any atom is -0.238 e. The van der Waals surface area contributed by atoms with Crippen LogP contribution in [0.2, 0.25) is 0 Å². The first-order chi connectivity index (χ1) is 6.90. The molecular weight excluding hydrogens is 170 g/mol. The predicted octanol–water partition coefficient (Wildman–Crippen LogP) is 4.29. The van der Waals surface area contributed by atoms with Crippen molar-refractivity contribution in [2.24, 2.45) is 0 Å². The van der Waals surface area contributed by atoms with Gasteiger partial charge in [-0.25, -0.2) is 4.85 Å². The highest BCUT2D eigenvalue weighted by Gasteiger charge is 2.14. The molecular formula is C13H15N. The van der Waals surface area contributed by atoms with Crippen LogP contribution < -0.4 is 0 Å². The molecule has 1 nitrogen and oxygen atoms in total. The normalized spacial score (nSPS) is 17.6. The third-order valence-corrected chi connectivity index (χ3v) is 3.10. The van der Waals surface area contributed by atoms with Crippen molar-refractivity contribution in [1.82, 2.24) is 0 Å². The van der Waals surface area contributed by atoms with E-state index in [1.54, 1.807) is 0 Å². The van der Waals surface area contributed by atoms with E-state index in [4.69, 9.17) is 6.57 Å². The summed E-state index contributed by atoms with van der Waals surface area (Å²) < 4.78 is 0. The zero-order valence-corrected chi connectivity index (χ0v) is 8.37. The molecule has 0 heterocycles. The van der Waals surface area contributed by atoms with Crippen LogP contribution in [-0.4, -0.2) is 0 Å². The summed E-state index contributed by atoms with van der Waals surface area (Å²) in [6.07, 6.45) is 6.80. The molecule has 0 N–H and O–H groups in total. The van der Waals surface area contributed by atoms with Crippen molar-refractivity contribution in [3.63, 3.8) is 0 Å². The summed E-state index contributed by atoms with van der Waals surface area (Å²) >= 11 is 0. The zero-order valence-electron chi connectivity index (χ0n) is 8.37. The first-order valence-electron chi connectivity index (χ1n) is 5.37. The molecule has 14 heavy (non-hydrogen) atoms. The Balaban J connectivity index is 2.12.